The number of esters is 1. The second-order valence-corrected chi connectivity index (χ2v) is 7.81. The highest BCUT2D eigenvalue weighted by molar-refractivity contribution is 5.97. The molecule has 0 aliphatic carbocycles. The maximum Gasteiger partial charge on any atom is 0.416 e. The van der Waals surface area contributed by atoms with Gasteiger partial charge in [0.2, 0.25) is 0 Å². The lowest BCUT2D eigenvalue weighted by Crippen LogP contribution is -2.28. The first-order chi connectivity index (χ1) is 16.4. The number of carbonyl (C=O) groups is 2. The van der Waals surface area contributed by atoms with Gasteiger partial charge in [0.15, 0.2) is 0 Å². The third-order valence-corrected chi connectivity index (χ3v) is 5.46. The molecule has 3 rings (SSSR count). The van der Waals surface area contributed by atoms with Gasteiger partial charge in [-0.2, -0.15) is 18.3 Å². The Morgan fingerprint density at radius 2 is 1.66 bits per heavy atom. The van der Waals surface area contributed by atoms with E-state index < -0.39 is 41.8 Å². The zero-order valence-corrected chi connectivity index (χ0v) is 19.0. The van der Waals surface area contributed by atoms with Crippen LogP contribution in [0, 0.1) is 0 Å². The summed E-state index contributed by atoms with van der Waals surface area (Å²) in [7, 11) is 2.63. The second-order valence-electron chi connectivity index (χ2n) is 7.81. The molecule has 186 valence electrons. The van der Waals surface area contributed by atoms with Gasteiger partial charge in [-0.15, -0.1) is 0 Å². The number of methoxy groups -OCH3 is 1. The summed E-state index contributed by atoms with van der Waals surface area (Å²) in [4.78, 5) is 24.7. The van der Waals surface area contributed by atoms with Gasteiger partial charge in [-0.3, -0.25) is 9.48 Å². The van der Waals surface area contributed by atoms with E-state index in [1.807, 2.05) is 0 Å². The van der Waals surface area contributed by atoms with E-state index in [1.54, 1.807) is 19.1 Å². The fourth-order valence-corrected chi connectivity index (χ4v) is 3.57. The van der Waals surface area contributed by atoms with Crippen LogP contribution in [-0.4, -0.2) is 28.8 Å². The standard InChI is InChI=1S/C24H22F5N3O3/c1-13(15-6-8-16(9-7-15)23(34)35-3)30-22(33)19-18(32(2)31-20(19)21(25)26)12-14-4-10-17(11-5-14)24(27,28)29/h4-11,13,21H,12H2,1-3H3,(H,30,33)/t13-/m0/s1. The molecule has 0 spiro atoms. The lowest BCUT2D eigenvalue weighted by molar-refractivity contribution is -0.137. The van der Waals surface area contributed by atoms with Crippen LogP contribution in [0.25, 0.3) is 0 Å². The van der Waals surface area contributed by atoms with Crippen molar-refractivity contribution in [1.82, 2.24) is 15.1 Å². The summed E-state index contributed by atoms with van der Waals surface area (Å²) in [6, 6.07) is 9.83. The number of rotatable bonds is 7. The number of amides is 1. The highest BCUT2D eigenvalue weighted by Crippen LogP contribution is 2.31. The molecule has 6 nitrogen and oxygen atoms in total. The van der Waals surface area contributed by atoms with Crippen LogP contribution in [0.5, 0.6) is 0 Å². The first kappa shape index (κ1) is 25.9. The number of benzene rings is 2. The average molecular weight is 495 g/mol. The molecule has 0 bridgehead atoms. The molecule has 1 heterocycles. The van der Waals surface area contributed by atoms with Crippen molar-refractivity contribution in [3.63, 3.8) is 0 Å². The summed E-state index contributed by atoms with van der Waals surface area (Å²) in [5, 5.41) is 6.43. The molecule has 35 heavy (non-hydrogen) atoms. The fourth-order valence-electron chi connectivity index (χ4n) is 3.57. The van der Waals surface area contributed by atoms with E-state index in [1.165, 1.54) is 38.4 Å². The van der Waals surface area contributed by atoms with Crippen molar-refractivity contribution < 1.29 is 36.3 Å². The predicted octanol–water partition coefficient (Wildman–Crippen LogP) is 5.24. The molecule has 0 aliphatic heterocycles. The van der Waals surface area contributed by atoms with Gasteiger partial charge in [-0.25, -0.2) is 13.6 Å². The Bertz CT molecular complexity index is 1200. The van der Waals surface area contributed by atoms with Gasteiger partial charge in [-0.1, -0.05) is 24.3 Å². The van der Waals surface area contributed by atoms with Gasteiger partial charge in [0, 0.05) is 13.5 Å². The Morgan fingerprint density at radius 3 is 2.17 bits per heavy atom. The molecule has 1 atom stereocenters. The lowest BCUT2D eigenvalue weighted by atomic mass is 10.0. The van der Waals surface area contributed by atoms with Crippen LogP contribution in [-0.2, 0) is 24.4 Å². The van der Waals surface area contributed by atoms with Crippen molar-refractivity contribution in [3.05, 3.63) is 87.7 Å². The molecular weight excluding hydrogens is 473 g/mol. The van der Waals surface area contributed by atoms with Crippen LogP contribution < -0.4 is 5.32 Å². The zero-order valence-electron chi connectivity index (χ0n) is 19.0. The topological polar surface area (TPSA) is 73.2 Å². The van der Waals surface area contributed by atoms with Gasteiger partial charge < -0.3 is 10.1 Å². The van der Waals surface area contributed by atoms with E-state index >= 15 is 0 Å². The molecule has 0 saturated heterocycles. The largest absolute Gasteiger partial charge is 0.465 e. The highest BCUT2D eigenvalue weighted by atomic mass is 19.4. The molecule has 2 aromatic carbocycles. The lowest BCUT2D eigenvalue weighted by Gasteiger charge is -2.16. The number of alkyl halides is 5. The Hall–Kier alpha value is -3.76. The number of hydrogen-bond acceptors (Lipinski definition) is 4. The van der Waals surface area contributed by atoms with E-state index in [-0.39, 0.29) is 17.7 Å². The Balaban J connectivity index is 1.87. The summed E-state index contributed by atoms with van der Waals surface area (Å²) in [5.41, 5.74) is -0.461. The maximum atomic E-state index is 13.7. The smallest absolute Gasteiger partial charge is 0.416 e. The molecule has 11 heteroatoms. The number of halogens is 5. The molecule has 0 aliphatic rings. The molecule has 3 aromatic rings. The van der Waals surface area contributed by atoms with Crippen LogP contribution in [0.2, 0.25) is 0 Å². The molecular formula is C24H22F5N3O3. The summed E-state index contributed by atoms with van der Waals surface area (Å²) in [5.74, 6) is -1.34. The predicted molar refractivity (Wildman–Crippen MR) is 116 cm³/mol. The van der Waals surface area contributed by atoms with Crippen LogP contribution in [0.3, 0.4) is 0 Å². The molecule has 1 amide bonds. The molecule has 0 radical (unpaired) electrons. The summed E-state index contributed by atoms with van der Waals surface area (Å²) >= 11 is 0. The van der Waals surface area contributed by atoms with Crippen molar-refractivity contribution >= 4 is 11.9 Å². The van der Waals surface area contributed by atoms with Crippen LogP contribution in [0.4, 0.5) is 22.0 Å². The first-order valence-corrected chi connectivity index (χ1v) is 10.4. The molecule has 0 unspecified atom stereocenters. The number of carbonyl (C=O) groups excluding carboxylic acids is 2. The number of nitrogens with zero attached hydrogens (tertiary/aromatic N) is 2. The van der Waals surface area contributed by atoms with Crippen molar-refractivity contribution in [1.29, 1.82) is 0 Å². The second kappa shape index (κ2) is 10.2. The summed E-state index contributed by atoms with van der Waals surface area (Å²) < 4.78 is 71.7. The van der Waals surface area contributed by atoms with Crippen molar-refractivity contribution in [2.24, 2.45) is 7.05 Å². The van der Waals surface area contributed by atoms with E-state index in [0.717, 1.165) is 16.8 Å². The average Bonchev–Trinajstić information content (AvgIpc) is 3.14. The molecule has 1 aromatic heterocycles. The van der Waals surface area contributed by atoms with Crippen LogP contribution >= 0.6 is 0 Å². The van der Waals surface area contributed by atoms with Gasteiger partial charge in [0.05, 0.1) is 35.5 Å². The quantitative estimate of drug-likeness (QED) is 0.359. The van der Waals surface area contributed by atoms with E-state index in [0.29, 0.717) is 16.7 Å². The monoisotopic (exact) mass is 495 g/mol. The Morgan fingerprint density at radius 1 is 1.06 bits per heavy atom. The third kappa shape index (κ3) is 5.84. The number of aryl methyl sites for hydroxylation is 1. The van der Waals surface area contributed by atoms with Gasteiger partial charge in [0.25, 0.3) is 12.3 Å². The van der Waals surface area contributed by atoms with Gasteiger partial charge in [0.1, 0.15) is 5.69 Å². The first-order valence-electron chi connectivity index (χ1n) is 10.4. The third-order valence-electron chi connectivity index (χ3n) is 5.46. The minimum absolute atomic E-state index is 0.0840. The van der Waals surface area contributed by atoms with Crippen LogP contribution in [0.15, 0.2) is 48.5 Å². The summed E-state index contributed by atoms with van der Waals surface area (Å²) in [6.07, 6.45) is -7.64. The van der Waals surface area contributed by atoms with Crippen molar-refractivity contribution in [2.45, 2.75) is 32.0 Å². The van der Waals surface area contributed by atoms with Crippen molar-refractivity contribution in [3.8, 4) is 0 Å². The number of aromatic nitrogens is 2. The number of hydrogen-bond donors (Lipinski definition) is 1. The van der Waals surface area contributed by atoms with E-state index in [4.69, 9.17) is 0 Å². The fraction of sp³-hybridized carbons (Fsp3) is 0.292. The molecule has 1 N–H and O–H groups in total. The highest BCUT2D eigenvalue weighted by Gasteiger charge is 2.31. The van der Waals surface area contributed by atoms with Crippen LogP contribution in [0.1, 0.15) is 68.2 Å². The number of ether oxygens (including phenoxy) is 1. The zero-order chi connectivity index (χ0) is 25.9. The van der Waals surface area contributed by atoms with Crippen molar-refractivity contribution in [2.75, 3.05) is 7.11 Å². The SMILES string of the molecule is COC(=O)c1ccc([C@H](C)NC(=O)c2c(C(F)F)nn(C)c2Cc2ccc(C(F)(F)F)cc2)cc1. The Kier molecular flexibility index (Phi) is 7.57. The Labute approximate surface area is 197 Å². The number of nitrogens with one attached hydrogen (secondary N) is 1. The maximum absolute atomic E-state index is 13.7. The minimum atomic E-state index is -4.51. The normalized spacial score (nSPS) is 12.5. The minimum Gasteiger partial charge on any atom is -0.465 e. The van der Waals surface area contributed by atoms with Gasteiger partial charge in [-0.05, 0) is 42.3 Å². The van der Waals surface area contributed by atoms with E-state index in [2.05, 4.69) is 15.2 Å². The molecule has 0 fully saturated rings. The summed E-state index contributed by atoms with van der Waals surface area (Å²) in [6.45, 7) is 1.64. The molecule has 0 saturated carbocycles. The van der Waals surface area contributed by atoms with Gasteiger partial charge >= 0.3 is 12.1 Å². The van der Waals surface area contributed by atoms with E-state index in [9.17, 15) is 31.5 Å².